The van der Waals surface area contributed by atoms with Gasteiger partial charge >= 0.3 is 0 Å². The van der Waals surface area contributed by atoms with Crippen LogP contribution >= 0.6 is 0 Å². The first-order valence-corrected chi connectivity index (χ1v) is 6.30. The predicted octanol–water partition coefficient (Wildman–Crippen LogP) is 2.66. The molecule has 0 bridgehead atoms. The van der Waals surface area contributed by atoms with Crippen LogP contribution in [0.25, 0.3) is 0 Å². The second kappa shape index (κ2) is 3.53. The lowest BCUT2D eigenvalue weighted by Gasteiger charge is -2.34. The van der Waals surface area contributed by atoms with Gasteiger partial charge in [-0.3, -0.25) is 4.98 Å². The van der Waals surface area contributed by atoms with E-state index in [1.807, 2.05) is 6.20 Å². The summed E-state index contributed by atoms with van der Waals surface area (Å²) >= 11 is 0. The maximum absolute atomic E-state index is 6.34. The van der Waals surface area contributed by atoms with E-state index in [0.717, 1.165) is 25.1 Å². The third-order valence-electron chi connectivity index (χ3n) is 3.85. The van der Waals surface area contributed by atoms with Crippen molar-refractivity contribution in [1.29, 1.82) is 0 Å². The van der Waals surface area contributed by atoms with Gasteiger partial charge in [-0.25, -0.2) is 0 Å². The first-order chi connectivity index (χ1) is 8.05. The van der Waals surface area contributed by atoms with Gasteiger partial charge in [-0.1, -0.05) is 0 Å². The van der Waals surface area contributed by atoms with Crippen molar-refractivity contribution in [1.82, 2.24) is 4.98 Å². The lowest BCUT2D eigenvalue weighted by atomic mass is 9.87. The van der Waals surface area contributed by atoms with Crippen LogP contribution in [0.5, 0.6) is 0 Å². The minimum absolute atomic E-state index is 0.256. The Bertz CT molecular complexity index is 448. The van der Waals surface area contributed by atoms with Crippen LogP contribution in [0.3, 0.4) is 0 Å². The Morgan fingerprint density at radius 1 is 1.35 bits per heavy atom. The summed E-state index contributed by atoms with van der Waals surface area (Å²) in [4.78, 5) is 4.59. The van der Waals surface area contributed by atoms with Gasteiger partial charge in [-0.05, 0) is 45.2 Å². The van der Waals surface area contributed by atoms with E-state index in [1.54, 1.807) is 0 Å². The van der Waals surface area contributed by atoms with Crippen LogP contribution < -0.4 is 0 Å². The number of nitrogens with zero attached hydrogens (tertiary/aromatic N) is 1. The van der Waals surface area contributed by atoms with Gasteiger partial charge < -0.3 is 9.47 Å². The molecular formula is C14H19NO2. The Morgan fingerprint density at radius 3 is 2.88 bits per heavy atom. The zero-order valence-electron chi connectivity index (χ0n) is 10.7. The van der Waals surface area contributed by atoms with Crippen LogP contribution in [-0.2, 0) is 20.7 Å². The lowest BCUT2D eigenvalue weighted by Crippen LogP contribution is -2.38. The molecule has 17 heavy (non-hydrogen) atoms. The molecule has 1 unspecified atom stereocenters. The summed E-state index contributed by atoms with van der Waals surface area (Å²) < 4.78 is 12.0. The molecule has 3 heteroatoms. The molecule has 3 nitrogen and oxygen atoms in total. The summed E-state index contributed by atoms with van der Waals surface area (Å²) in [5.41, 5.74) is 3.06. The summed E-state index contributed by atoms with van der Waals surface area (Å²) in [6.45, 7) is 7.87. The molecule has 2 aliphatic rings. The molecule has 3 heterocycles. The van der Waals surface area contributed by atoms with E-state index in [4.69, 9.17) is 9.47 Å². The van der Waals surface area contributed by atoms with Crippen LogP contribution in [0, 0.1) is 6.92 Å². The van der Waals surface area contributed by atoms with Crippen molar-refractivity contribution >= 4 is 0 Å². The van der Waals surface area contributed by atoms with E-state index < -0.39 is 0 Å². The lowest BCUT2D eigenvalue weighted by molar-refractivity contribution is -0.180. The van der Waals surface area contributed by atoms with Crippen molar-refractivity contribution in [2.45, 2.75) is 44.8 Å². The van der Waals surface area contributed by atoms with Gasteiger partial charge in [0.25, 0.3) is 0 Å². The van der Waals surface area contributed by atoms with Crippen molar-refractivity contribution in [3.63, 3.8) is 0 Å². The molecule has 1 saturated heterocycles. The van der Waals surface area contributed by atoms with Gasteiger partial charge in [0.1, 0.15) is 5.60 Å². The smallest absolute Gasteiger partial charge is 0.135 e. The summed E-state index contributed by atoms with van der Waals surface area (Å²) in [6, 6.07) is 2.06. The molecule has 0 aliphatic carbocycles. The molecule has 1 spiro atoms. The average molecular weight is 233 g/mol. The average Bonchev–Trinajstić information content (AvgIpc) is 2.49. The zero-order valence-corrected chi connectivity index (χ0v) is 10.7. The largest absolute Gasteiger partial charge is 0.378 e. The fraction of sp³-hybridized carbons (Fsp3) is 0.643. The summed E-state index contributed by atoms with van der Waals surface area (Å²) in [5.74, 6) is 0. The van der Waals surface area contributed by atoms with E-state index in [2.05, 4.69) is 31.8 Å². The quantitative estimate of drug-likeness (QED) is 0.690. The second-order valence-corrected chi connectivity index (χ2v) is 5.61. The van der Waals surface area contributed by atoms with E-state index >= 15 is 0 Å². The molecule has 0 radical (unpaired) electrons. The Morgan fingerprint density at radius 2 is 2.18 bits per heavy atom. The number of rotatable bonds is 0. The third kappa shape index (κ3) is 1.53. The van der Waals surface area contributed by atoms with Gasteiger partial charge in [0.2, 0.25) is 0 Å². The van der Waals surface area contributed by atoms with Crippen molar-refractivity contribution in [3.8, 4) is 0 Å². The second-order valence-electron chi connectivity index (χ2n) is 5.61. The van der Waals surface area contributed by atoms with Gasteiger partial charge in [0.05, 0.1) is 17.9 Å². The monoisotopic (exact) mass is 233 g/mol. The summed E-state index contributed by atoms with van der Waals surface area (Å²) in [6.07, 6.45) is 3.94. The third-order valence-corrected chi connectivity index (χ3v) is 3.85. The molecule has 0 saturated carbocycles. The fourth-order valence-corrected chi connectivity index (χ4v) is 3.29. The van der Waals surface area contributed by atoms with Crippen LogP contribution in [-0.4, -0.2) is 18.2 Å². The molecule has 1 fully saturated rings. The number of ether oxygens (including phenoxy) is 2. The molecule has 1 aromatic heterocycles. The van der Waals surface area contributed by atoms with Gasteiger partial charge in [0.15, 0.2) is 0 Å². The van der Waals surface area contributed by atoms with Gasteiger partial charge in [-0.15, -0.1) is 0 Å². The first-order valence-electron chi connectivity index (χ1n) is 6.30. The van der Waals surface area contributed by atoms with Crippen LogP contribution in [0.15, 0.2) is 12.3 Å². The summed E-state index contributed by atoms with van der Waals surface area (Å²) in [7, 11) is 0. The number of fused-ring (bicyclic) bond motifs is 2. The van der Waals surface area contributed by atoms with Gasteiger partial charge in [0, 0.05) is 18.4 Å². The number of hydrogen-bond acceptors (Lipinski definition) is 3. The minimum atomic E-state index is -0.302. The number of hydrogen-bond donors (Lipinski definition) is 0. The molecular weight excluding hydrogens is 214 g/mol. The minimum Gasteiger partial charge on any atom is -0.378 e. The molecule has 0 amide bonds. The van der Waals surface area contributed by atoms with Crippen LogP contribution in [0.2, 0.25) is 0 Å². The van der Waals surface area contributed by atoms with Crippen molar-refractivity contribution in [3.05, 3.63) is 29.1 Å². The standard InChI is InChI=1S/C14H19NO2/c1-10-5-7-15-12-11(10)13(2,3)17-14(12)6-4-8-16-9-14/h5,7H,4,6,8-9H2,1-3H3. The Kier molecular flexibility index (Phi) is 2.32. The summed E-state index contributed by atoms with van der Waals surface area (Å²) in [5, 5.41) is 0. The highest BCUT2D eigenvalue weighted by atomic mass is 16.6. The molecule has 0 aromatic carbocycles. The molecule has 3 rings (SSSR count). The first kappa shape index (κ1) is 11.2. The van der Waals surface area contributed by atoms with E-state index in [9.17, 15) is 0 Å². The van der Waals surface area contributed by atoms with E-state index in [1.165, 1.54) is 11.1 Å². The van der Waals surface area contributed by atoms with Crippen LogP contribution in [0.1, 0.15) is 43.5 Å². The predicted molar refractivity (Wildman–Crippen MR) is 64.8 cm³/mol. The van der Waals surface area contributed by atoms with E-state index in [0.29, 0.717) is 6.61 Å². The Labute approximate surface area is 102 Å². The molecule has 2 aliphatic heterocycles. The SMILES string of the molecule is Cc1ccnc2c1C(C)(C)OC21CCCOC1. The Hall–Kier alpha value is -0.930. The molecule has 1 aromatic rings. The van der Waals surface area contributed by atoms with E-state index in [-0.39, 0.29) is 11.2 Å². The molecule has 0 N–H and O–H groups in total. The highest BCUT2D eigenvalue weighted by Crippen LogP contribution is 2.50. The zero-order chi connectivity index (χ0) is 12.1. The van der Waals surface area contributed by atoms with Crippen LogP contribution in [0.4, 0.5) is 0 Å². The Balaban J connectivity index is 2.17. The highest BCUT2D eigenvalue weighted by Gasteiger charge is 2.51. The molecule has 1 atom stereocenters. The van der Waals surface area contributed by atoms with Gasteiger partial charge in [-0.2, -0.15) is 0 Å². The van der Waals surface area contributed by atoms with Crippen molar-refractivity contribution in [2.75, 3.05) is 13.2 Å². The highest BCUT2D eigenvalue weighted by molar-refractivity contribution is 5.41. The number of pyridine rings is 1. The fourth-order valence-electron chi connectivity index (χ4n) is 3.29. The maximum atomic E-state index is 6.34. The topological polar surface area (TPSA) is 31.4 Å². The normalized spacial score (nSPS) is 30.5. The van der Waals surface area contributed by atoms with Crippen molar-refractivity contribution in [2.24, 2.45) is 0 Å². The maximum Gasteiger partial charge on any atom is 0.135 e. The van der Waals surface area contributed by atoms with Crippen molar-refractivity contribution < 1.29 is 9.47 Å². The number of aromatic nitrogens is 1. The number of aryl methyl sites for hydroxylation is 1. The molecule has 92 valence electrons.